The van der Waals surface area contributed by atoms with Crippen LogP contribution in [0.2, 0.25) is 0 Å². The summed E-state index contributed by atoms with van der Waals surface area (Å²) in [6.45, 7) is 2.35. The van der Waals surface area contributed by atoms with Gasteiger partial charge in [0, 0.05) is 6.21 Å². The SMILES string of the molecule is CCOc1ccc(-n2c(O)c(C=Nc3cc(C(=O)O)ccc3O)c(=O)[nH]c2=S)cc1. The fourth-order valence-corrected chi connectivity index (χ4v) is 2.93. The number of ether oxygens (including phenoxy) is 1. The molecule has 4 N–H and O–H groups in total. The third-order valence-electron chi connectivity index (χ3n) is 4.08. The number of nitrogens with zero attached hydrogens (tertiary/aromatic N) is 2. The third kappa shape index (κ3) is 4.23. The summed E-state index contributed by atoms with van der Waals surface area (Å²) in [5.41, 5.74) is -0.621. The molecule has 0 atom stereocenters. The van der Waals surface area contributed by atoms with E-state index < -0.39 is 17.4 Å². The minimum atomic E-state index is -1.20. The van der Waals surface area contributed by atoms with Crippen molar-refractivity contribution in [3.8, 4) is 23.1 Å². The molecular formula is C20H17N3O6S. The average Bonchev–Trinajstić information content (AvgIpc) is 2.70. The third-order valence-corrected chi connectivity index (χ3v) is 4.37. The van der Waals surface area contributed by atoms with Crippen molar-refractivity contribution in [2.75, 3.05) is 6.61 Å². The number of aromatic hydroxyl groups is 2. The van der Waals surface area contributed by atoms with E-state index in [4.69, 9.17) is 22.1 Å². The van der Waals surface area contributed by atoms with E-state index in [1.165, 1.54) is 16.7 Å². The quantitative estimate of drug-likeness (QED) is 0.350. The van der Waals surface area contributed by atoms with Crippen LogP contribution in [0.15, 0.2) is 52.3 Å². The second-order valence-corrected chi connectivity index (χ2v) is 6.41. The number of nitrogens with one attached hydrogen (secondary N) is 1. The minimum absolute atomic E-state index is 0.0328. The van der Waals surface area contributed by atoms with Crippen LogP contribution in [0.25, 0.3) is 5.69 Å². The van der Waals surface area contributed by atoms with Crippen molar-refractivity contribution in [1.29, 1.82) is 0 Å². The van der Waals surface area contributed by atoms with Crippen molar-refractivity contribution < 1.29 is 24.9 Å². The summed E-state index contributed by atoms with van der Waals surface area (Å²) in [7, 11) is 0. The van der Waals surface area contributed by atoms with Crippen molar-refractivity contribution in [3.05, 3.63) is 68.7 Å². The molecule has 0 saturated carbocycles. The van der Waals surface area contributed by atoms with Crippen LogP contribution in [0.3, 0.4) is 0 Å². The van der Waals surface area contributed by atoms with Crippen LogP contribution in [0, 0.1) is 4.77 Å². The maximum Gasteiger partial charge on any atom is 0.335 e. The molecule has 0 aliphatic rings. The van der Waals surface area contributed by atoms with Crippen LogP contribution in [-0.2, 0) is 0 Å². The lowest BCUT2D eigenvalue weighted by atomic mass is 10.2. The Hall–Kier alpha value is -3.92. The number of carboxylic acid groups (broad SMARTS) is 1. The summed E-state index contributed by atoms with van der Waals surface area (Å²) in [6, 6.07) is 10.2. The summed E-state index contributed by atoms with van der Waals surface area (Å²) in [4.78, 5) is 29.8. The zero-order valence-corrected chi connectivity index (χ0v) is 16.5. The number of rotatable bonds is 6. The minimum Gasteiger partial charge on any atom is -0.506 e. The largest absolute Gasteiger partial charge is 0.506 e. The van der Waals surface area contributed by atoms with Crippen molar-refractivity contribution in [1.82, 2.24) is 9.55 Å². The van der Waals surface area contributed by atoms with Crippen LogP contribution in [-0.4, -0.2) is 43.7 Å². The molecule has 0 spiro atoms. The van der Waals surface area contributed by atoms with Crippen molar-refractivity contribution >= 4 is 30.1 Å². The van der Waals surface area contributed by atoms with Gasteiger partial charge in [0.15, 0.2) is 4.77 Å². The molecule has 0 aliphatic heterocycles. The Bertz CT molecular complexity index is 1240. The first kappa shape index (κ1) is 20.8. The second kappa shape index (κ2) is 8.62. The van der Waals surface area contributed by atoms with Crippen LogP contribution < -0.4 is 10.3 Å². The molecule has 30 heavy (non-hydrogen) atoms. The van der Waals surface area contributed by atoms with Gasteiger partial charge in [-0.25, -0.2) is 4.79 Å². The molecule has 1 heterocycles. The number of aromatic carboxylic acids is 1. The molecule has 9 nitrogen and oxygen atoms in total. The molecular weight excluding hydrogens is 410 g/mol. The lowest BCUT2D eigenvalue weighted by Gasteiger charge is -2.12. The number of hydrogen-bond donors (Lipinski definition) is 4. The van der Waals surface area contributed by atoms with Crippen molar-refractivity contribution in [2.24, 2.45) is 4.99 Å². The molecule has 10 heteroatoms. The number of aromatic nitrogens is 2. The van der Waals surface area contributed by atoms with Crippen molar-refractivity contribution in [3.63, 3.8) is 0 Å². The molecule has 0 saturated heterocycles. The summed E-state index contributed by atoms with van der Waals surface area (Å²) < 4.78 is 6.59. The van der Waals surface area contributed by atoms with Gasteiger partial charge in [-0.2, -0.15) is 0 Å². The molecule has 0 unspecified atom stereocenters. The number of aromatic amines is 1. The van der Waals surface area contributed by atoms with Gasteiger partial charge in [0.05, 0.1) is 17.9 Å². The lowest BCUT2D eigenvalue weighted by molar-refractivity contribution is 0.0697. The number of aliphatic imine (C=N–C) groups is 1. The van der Waals surface area contributed by atoms with Gasteiger partial charge in [0.2, 0.25) is 5.88 Å². The highest BCUT2D eigenvalue weighted by Crippen LogP contribution is 2.28. The summed E-state index contributed by atoms with van der Waals surface area (Å²) in [5.74, 6) is -1.32. The molecule has 2 aromatic carbocycles. The van der Waals surface area contributed by atoms with Gasteiger partial charge < -0.3 is 20.1 Å². The monoisotopic (exact) mass is 427 g/mol. The van der Waals surface area contributed by atoms with E-state index in [1.54, 1.807) is 24.3 Å². The first-order chi connectivity index (χ1) is 14.3. The number of phenolic OH excluding ortho intramolecular Hbond substituents is 1. The van der Waals surface area contributed by atoms with Crippen molar-refractivity contribution in [2.45, 2.75) is 6.92 Å². The van der Waals surface area contributed by atoms with Gasteiger partial charge in [0.1, 0.15) is 22.7 Å². The van der Waals surface area contributed by atoms with E-state index in [9.17, 15) is 19.8 Å². The smallest absolute Gasteiger partial charge is 0.335 e. The van der Waals surface area contributed by atoms with E-state index >= 15 is 0 Å². The van der Waals surface area contributed by atoms with Gasteiger partial charge in [-0.1, -0.05) is 0 Å². The molecule has 0 fully saturated rings. The zero-order valence-electron chi connectivity index (χ0n) is 15.7. The molecule has 0 amide bonds. The predicted molar refractivity (Wildman–Crippen MR) is 112 cm³/mol. The topological polar surface area (TPSA) is 137 Å². The molecule has 0 aliphatic carbocycles. The number of benzene rings is 2. The molecule has 0 bridgehead atoms. The van der Waals surface area contributed by atoms with E-state index in [0.717, 1.165) is 12.3 Å². The fourth-order valence-electron chi connectivity index (χ4n) is 2.65. The van der Waals surface area contributed by atoms with Crippen LogP contribution >= 0.6 is 12.2 Å². The molecule has 154 valence electrons. The maximum absolute atomic E-state index is 12.3. The van der Waals surface area contributed by atoms with Crippen LogP contribution in [0.1, 0.15) is 22.8 Å². The Morgan fingerprint density at radius 1 is 1.23 bits per heavy atom. The molecule has 1 aromatic heterocycles. The maximum atomic E-state index is 12.3. The Kier molecular flexibility index (Phi) is 5.98. The van der Waals surface area contributed by atoms with Gasteiger partial charge in [-0.3, -0.25) is 19.3 Å². The number of carbonyl (C=O) groups is 1. The number of hydrogen-bond acceptors (Lipinski definition) is 7. The predicted octanol–water partition coefficient (Wildman–Crippen LogP) is 3.15. The first-order valence-electron chi connectivity index (χ1n) is 8.73. The highest BCUT2D eigenvalue weighted by atomic mass is 32.1. The Labute approximate surface area is 175 Å². The number of phenols is 1. The first-order valence-corrected chi connectivity index (χ1v) is 9.14. The molecule has 3 aromatic rings. The Morgan fingerprint density at radius 3 is 2.57 bits per heavy atom. The average molecular weight is 427 g/mol. The van der Waals surface area contributed by atoms with Gasteiger partial charge in [0.25, 0.3) is 5.56 Å². The summed E-state index contributed by atoms with van der Waals surface area (Å²) >= 11 is 5.16. The van der Waals surface area contributed by atoms with E-state index in [1.807, 2.05) is 6.92 Å². The normalized spacial score (nSPS) is 11.0. The van der Waals surface area contributed by atoms with E-state index in [0.29, 0.717) is 18.0 Å². The summed E-state index contributed by atoms with van der Waals surface area (Å²) in [6.07, 6.45) is 1.02. The Balaban J connectivity index is 2.07. The van der Waals surface area contributed by atoms with E-state index in [-0.39, 0.29) is 27.3 Å². The van der Waals surface area contributed by atoms with Gasteiger partial charge >= 0.3 is 5.97 Å². The van der Waals surface area contributed by atoms with Crippen LogP contribution in [0.5, 0.6) is 17.4 Å². The fraction of sp³-hybridized carbons (Fsp3) is 0.100. The lowest BCUT2D eigenvalue weighted by Crippen LogP contribution is -2.18. The number of H-pyrrole nitrogens is 1. The highest BCUT2D eigenvalue weighted by molar-refractivity contribution is 7.71. The standard InChI is InChI=1S/C20H17N3O6S/c1-2-29-13-6-4-12(5-7-13)23-18(26)14(17(25)22-20(23)30)10-21-15-9-11(19(27)28)3-8-16(15)24/h3-10,24,26H,2H2,1H3,(H,27,28)(H,22,25,30). The number of carboxylic acids is 1. The second-order valence-electron chi connectivity index (χ2n) is 6.03. The van der Waals surface area contributed by atoms with E-state index in [2.05, 4.69) is 9.98 Å². The Morgan fingerprint density at radius 2 is 1.93 bits per heavy atom. The molecule has 0 radical (unpaired) electrons. The highest BCUT2D eigenvalue weighted by Gasteiger charge is 2.13. The zero-order chi connectivity index (χ0) is 21.8. The van der Waals surface area contributed by atoms with Crippen LogP contribution in [0.4, 0.5) is 5.69 Å². The van der Waals surface area contributed by atoms with Gasteiger partial charge in [-0.05, 0) is 61.6 Å². The molecule has 3 rings (SSSR count). The van der Waals surface area contributed by atoms with Gasteiger partial charge in [-0.15, -0.1) is 0 Å². The summed E-state index contributed by atoms with van der Waals surface area (Å²) in [5, 5.41) is 29.6.